The number of rotatable bonds is 3. The normalized spacial score (nSPS) is 26.5. The summed E-state index contributed by atoms with van der Waals surface area (Å²) in [6, 6.07) is 4.58. The van der Waals surface area contributed by atoms with Crippen molar-refractivity contribution in [1.82, 2.24) is 15.6 Å². The Kier molecular flexibility index (Phi) is 5.59. The highest BCUT2D eigenvalue weighted by molar-refractivity contribution is 5.79. The molecule has 2 rings (SSSR count). The maximum Gasteiger partial charge on any atom is 0.191 e. The van der Waals surface area contributed by atoms with Crippen molar-refractivity contribution in [2.24, 2.45) is 16.8 Å². The molecule has 1 aliphatic rings. The largest absolute Gasteiger partial charge is 0.354 e. The minimum atomic E-state index is 0.528. The molecule has 0 radical (unpaired) electrons. The summed E-state index contributed by atoms with van der Waals surface area (Å²) in [7, 11) is 1.83. The molecule has 1 aromatic heterocycles. The summed E-state index contributed by atoms with van der Waals surface area (Å²) in [6.07, 6.45) is 5.64. The van der Waals surface area contributed by atoms with Crippen LogP contribution in [0.4, 0.5) is 0 Å². The highest BCUT2D eigenvalue weighted by Gasteiger charge is 2.24. The van der Waals surface area contributed by atoms with Crippen molar-refractivity contribution >= 4 is 5.96 Å². The van der Waals surface area contributed by atoms with Gasteiger partial charge in [0, 0.05) is 19.3 Å². The lowest BCUT2D eigenvalue weighted by molar-refractivity contribution is 0.255. The summed E-state index contributed by atoms with van der Waals surface area (Å²) in [6.45, 7) is 7.49. The van der Waals surface area contributed by atoms with Gasteiger partial charge in [-0.25, -0.2) is 0 Å². The van der Waals surface area contributed by atoms with E-state index in [1.807, 2.05) is 19.3 Å². The number of hydrogen-bond donors (Lipinski definition) is 2. The van der Waals surface area contributed by atoms with Gasteiger partial charge in [-0.3, -0.25) is 9.98 Å². The van der Waals surface area contributed by atoms with Crippen LogP contribution in [0, 0.1) is 18.8 Å². The molecule has 0 bridgehead atoms. The van der Waals surface area contributed by atoms with E-state index < -0.39 is 0 Å². The quantitative estimate of drug-likeness (QED) is 0.664. The number of guanidine groups is 1. The molecule has 116 valence electrons. The van der Waals surface area contributed by atoms with E-state index in [2.05, 4.69) is 47.4 Å². The molecule has 2 unspecified atom stereocenters. The zero-order valence-electron chi connectivity index (χ0n) is 13.7. The second kappa shape index (κ2) is 7.43. The van der Waals surface area contributed by atoms with Gasteiger partial charge in [-0.05, 0) is 49.7 Å². The molecule has 4 heteroatoms. The van der Waals surface area contributed by atoms with Crippen molar-refractivity contribution < 1.29 is 0 Å². The summed E-state index contributed by atoms with van der Waals surface area (Å²) < 4.78 is 0. The van der Waals surface area contributed by atoms with Gasteiger partial charge in [0.15, 0.2) is 5.96 Å². The highest BCUT2D eigenvalue weighted by atomic mass is 15.2. The number of aliphatic imine (C=N–C) groups is 1. The monoisotopic (exact) mass is 288 g/mol. The predicted octanol–water partition coefficient (Wildman–Crippen LogP) is 2.88. The van der Waals surface area contributed by atoms with E-state index in [0.29, 0.717) is 12.6 Å². The third kappa shape index (κ3) is 4.73. The second-order valence-electron chi connectivity index (χ2n) is 6.45. The average molecular weight is 288 g/mol. The van der Waals surface area contributed by atoms with Crippen molar-refractivity contribution in [3.05, 3.63) is 29.6 Å². The van der Waals surface area contributed by atoms with Crippen LogP contribution in [0.1, 0.15) is 44.4 Å². The number of hydrogen-bond acceptors (Lipinski definition) is 2. The first kappa shape index (κ1) is 15.8. The van der Waals surface area contributed by atoms with Crippen molar-refractivity contribution in [2.75, 3.05) is 7.05 Å². The molecule has 0 spiro atoms. The molecule has 1 saturated carbocycles. The lowest BCUT2D eigenvalue weighted by atomic mass is 9.80. The topological polar surface area (TPSA) is 49.3 Å². The number of aryl methyl sites for hydroxylation is 1. The Morgan fingerprint density at radius 3 is 2.62 bits per heavy atom. The predicted molar refractivity (Wildman–Crippen MR) is 88.3 cm³/mol. The van der Waals surface area contributed by atoms with Crippen molar-refractivity contribution in [2.45, 2.75) is 52.6 Å². The third-order valence-corrected chi connectivity index (χ3v) is 4.28. The van der Waals surface area contributed by atoms with Gasteiger partial charge in [0.2, 0.25) is 0 Å². The molecular formula is C17H28N4. The van der Waals surface area contributed by atoms with E-state index >= 15 is 0 Å². The smallest absolute Gasteiger partial charge is 0.191 e. The summed E-state index contributed by atoms with van der Waals surface area (Å²) in [5.74, 6) is 2.47. The molecule has 2 N–H and O–H groups in total. The standard InChI is InChI=1S/C17H28N4/c1-12-8-13(2)10-15(9-12)21-17(18-4)20-11-16-14(3)6-5-7-19-16/h5-7,12-13,15H,8-11H2,1-4H3,(H2,18,20,21). The van der Waals surface area contributed by atoms with Crippen molar-refractivity contribution in [3.8, 4) is 0 Å². The lowest BCUT2D eigenvalue weighted by Gasteiger charge is -2.32. The molecule has 1 heterocycles. The first-order valence-electron chi connectivity index (χ1n) is 7.96. The Labute approximate surface area is 128 Å². The molecule has 4 nitrogen and oxygen atoms in total. The van der Waals surface area contributed by atoms with Crippen LogP contribution in [-0.4, -0.2) is 24.0 Å². The molecule has 0 amide bonds. The second-order valence-corrected chi connectivity index (χ2v) is 6.45. The fourth-order valence-corrected chi connectivity index (χ4v) is 3.32. The van der Waals surface area contributed by atoms with Gasteiger partial charge in [0.05, 0.1) is 12.2 Å². The van der Waals surface area contributed by atoms with E-state index in [0.717, 1.165) is 23.5 Å². The molecule has 0 aliphatic heterocycles. The first-order valence-corrected chi connectivity index (χ1v) is 7.96. The van der Waals surface area contributed by atoms with E-state index in [-0.39, 0.29) is 0 Å². The van der Waals surface area contributed by atoms with Crippen LogP contribution in [0.15, 0.2) is 23.3 Å². The average Bonchev–Trinajstić information content (AvgIpc) is 2.44. The maximum atomic E-state index is 4.41. The number of pyridine rings is 1. The van der Waals surface area contributed by atoms with Crippen molar-refractivity contribution in [1.29, 1.82) is 0 Å². The van der Waals surface area contributed by atoms with Crippen LogP contribution < -0.4 is 10.6 Å². The molecular weight excluding hydrogens is 260 g/mol. The van der Waals surface area contributed by atoms with E-state index in [4.69, 9.17) is 0 Å². The summed E-state index contributed by atoms with van der Waals surface area (Å²) in [5.41, 5.74) is 2.28. The Balaban J connectivity index is 1.88. The van der Waals surface area contributed by atoms with Gasteiger partial charge in [0.25, 0.3) is 0 Å². The number of nitrogens with one attached hydrogen (secondary N) is 2. The van der Waals surface area contributed by atoms with Crippen LogP contribution in [0.3, 0.4) is 0 Å². The summed E-state index contributed by atoms with van der Waals surface area (Å²) in [4.78, 5) is 8.75. The lowest BCUT2D eigenvalue weighted by Crippen LogP contribution is -2.46. The van der Waals surface area contributed by atoms with Crippen LogP contribution in [0.5, 0.6) is 0 Å². The van der Waals surface area contributed by atoms with Crippen LogP contribution in [-0.2, 0) is 6.54 Å². The zero-order chi connectivity index (χ0) is 15.2. The highest BCUT2D eigenvalue weighted by Crippen LogP contribution is 2.28. The van der Waals surface area contributed by atoms with Gasteiger partial charge < -0.3 is 10.6 Å². The first-order chi connectivity index (χ1) is 10.1. The fraction of sp³-hybridized carbons (Fsp3) is 0.647. The third-order valence-electron chi connectivity index (χ3n) is 4.28. The maximum absolute atomic E-state index is 4.41. The molecule has 0 aromatic carbocycles. The molecule has 1 aliphatic carbocycles. The summed E-state index contributed by atoms with van der Waals surface area (Å²) in [5, 5.41) is 6.95. The van der Waals surface area contributed by atoms with E-state index in [1.165, 1.54) is 24.8 Å². The Bertz CT molecular complexity index is 473. The van der Waals surface area contributed by atoms with Crippen LogP contribution in [0.2, 0.25) is 0 Å². The Morgan fingerprint density at radius 2 is 2.00 bits per heavy atom. The number of aromatic nitrogens is 1. The van der Waals surface area contributed by atoms with Crippen molar-refractivity contribution in [3.63, 3.8) is 0 Å². The number of nitrogens with zero attached hydrogens (tertiary/aromatic N) is 2. The van der Waals surface area contributed by atoms with E-state index in [9.17, 15) is 0 Å². The minimum absolute atomic E-state index is 0.528. The fourth-order valence-electron chi connectivity index (χ4n) is 3.32. The van der Waals surface area contributed by atoms with Gasteiger partial charge >= 0.3 is 0 Å². The van der Waals surface area contributed by atoms with Crippen LogP contribution in [0.25, 0.3) is 0 Å². The van der Waals surface area contributed by atoms with Gasteiger partial charge in [-0.1, -0.05) is 19.9 Å². The molecule has 1 aromatic rings. The van der Waals surface area contributed by atoms with Gasteiger partial charge in [0.1, 0.15) is 0 Å². The Hall–Kier alpha value is -1.58. The van der Waals surface area contributed by atoms with E-state index in [1.54, 1.807) is 0 Å². The molecule has 2 atom stereocenters. The Morgan fingerprint density at radius 1 is 1.29 bits per heavy atom. The molecule has 21 heavy (non-hydrogen) atoms. The summed E-state index contributed by atoms with van der Waals surface area (Å²) >= 11 is 0. The zero-order valence-corrected chi connectivity index (χ0v) is 13.7. The van der Waals surface area contributed by atoms with Gasteiger partial charge in [-0.15, -0.1) is 0 Å². The SMILES string of the molecule is CN=C(NCc1ncccc1C)NC1CC(C)CC(C)C1. The molecule has 0 saturated heterocycles. The van der Waals surface area contributed by atoms with Gasteiger partial charge in [-0.2, -0.15) is 0 Å². The van der Waals surface area contributed by atoms with Crippen LogP contribution >= 0.6 is 0 Å². The minimum Gasteiger partial charge on any atom is -0.354 e. The molecule has 1 fully saturated rings.